The third kappa shape index (κ3) is 3.89. The fraction of sp³-hybridized carbons (Fsp3) is 0.130. The maximum Gasteiger partial charge on any atom is 0.258 e. The predicted octanol–water partition coefficient (Wildman–Crippen LogP) is 5.17. The Morgan fingerprint density at radius 3 is 2.48 bits per heavy atom. The van der Waals surface area contributed by atoms with E-state index < -0.39 is 11.7 Å². The van der Waals surface area contributed by atoms with Crippen molar-refractivity contribution in [3.63, 3.8) is 0 Å². The number of benzene rings is 3. The number of amides is 2. The van der Waals surface area contributed by atoms with Gasteiger partial charge in [-0.25, -0.2) is 4.39 Å². The van der Waals surface area contributed by atoms with E-state index in [0.29, 0.717) is 11.4 Å². The molecule has 0 aromatic heterocycles. The van der Waals surface area contributed by atoms with Gasteiger partial charge in [-0.2, -0.15) is 0 Å². The Bertz CT molecular complexity index is 1070. The molecular weight excluding hydrogens is 387 g/mol. The van der Waals surface area contributed by atoms with Crippen LogP contribution in [0.15, 0.2) is 72.8 Å². The molecule has 3 aromatic carbocycles. The van der Waals surface area contributed by atoms with Crippen LogP contribution in [0.3, 0.4) is 0 Å². The zero-order valence-corrected chi connectivity index (χ0v) is 16.6. The van der Waals surface area contributed by atoms with Gasteiger partial charge in [0.2, 0.25) is 5.91 Å². The fourth-order valence-electron chi connectivity index (χ4n) is 3.30. The zero-order chi connectivity index (χ0) is 20.4. The smallest absolute Gasteiger partial charge is 0.258 e. The SMILES string of the molecule is Cc1ccc(N2C(=O)CSC2c2ccccc2NC(=O)c2ccccc2F)cc1. The van der Waals surface area contributed by atoms with Crippen LogP contribution in [-0.2, 0) is 4.79 Å². The summed E-state index contributed by atoms with van der Waals surface area (Å²) in [6.07, 6.45) is 0. The molecule has 1 atom stereocenters. The van der Waals surface area contributed by atoms with Crippen molar-refractivity contribution in [2.24, 2.45) is 0 Å². The molecule has 1 N–H and O–H groups in total. The van der Waals surface area contributed by atoms with Gasteiger partial charge in [0.1, 0.15) is 11.2 Å². The molecule has 0 bridgehead atoms. The van der Waals surface area contributed by atoms with Crippen LogP contribution >= 0.6 is 11.8 Å². The number of hydrogen-bond acceptors (Lipinski definition) is 3. The molecule has 6 heteroatoms. The van der Waals surface area contributed by atoms with Gasteiger partial charge < -0.3 is 5.32 Å². The molecule has 3 aromatic rings. The third-order valence-electron chi connectivity index (χ3n) is 4.77. The third-order valence-corrected chi connectivity index (χ3v) is 5.97. The van der Waals surface area contributed by atoms with Crippen LogP contribution in [0.2, 0.25) is 0 Å². The fourth-order valence-corrected chi connectivity index (χ4v) is 4.51. The molecule has 1 unspecified atom stereocenters. The molecule has 4 nitrogen and oxygen atoms in total. The summed E-state index contributed by atoms with van der Waals surface area (Å²) < 4.78 is 14.0. The number of carbonyl (C=O) groups is 2. The Balaban J connectivity index is 1.67. The Morgan fingerprint density at radius 2 is 1.72 bits per heavy atom. The molecule has 0 aliphatic carbocycles. The van der Waals surface area contributed by atoms with Crippen molar-refractivity contribution in [2.45, 2.75) is 12.3 Å². The summed E-state index contributed by atoms with van der Waals surface area (Å²) in [5, 5.41) is 2.53. The molecule has 1 heterocycles. The van der Waals surface area contributed by atoms with Crippen LogP contribution in [0, 0.1) is 12.7 Å². The quantitative estimate of drug-likeness (QED) is 0.651. The van der Waals surface area contributed by atoms with Crippen LogP contribution in [0.25, 0.3) is 0 Å². The second kappa shape index (κ2) is 8.09. The van der Waals surface area contributed by atoms with Gasteiger partial charge in [-0.15, -0.1) is 11.8 Å². The molecule has 1 aliphatic rings. The number of anilines is 2. The molecular formula is C23H19FN2O2S. The summed E-state index contributed by atoms with van der Waals surface area (Å²) in [4.78, 5) is 27.0. The van der Waals surface area contributed by atoms with E-state index in [9.17, 15) is 14.0 Å². The van der Waals surface area contributed by atoms with Gasteiger partial charge in [-0.05, 0) is 37.3 Å². The van der Waals surface area contributed by atoms with E-state index in [-0.39, 0.29) is 16.8 Å². The van der Waals surface area contributed by atoms with Crippen molar-refractivity contribution in [1.29, 1.82) is 0 Å². The maximum absolute atomic E-state index is 14.0. The lowest BCUT2D eigenvalue weighted by Gasteiger charge is -2.26. The van der Waals surface area contributed by atoms with Crippen LogP contribution in [-0.4, -0.2) is 17.6 Å². The number of thioether (sulfide) groups is 1. The molecule has 29 heavy (non-hydrogen) atoms. The number of nitrogens with zero attached hydrogens (tertiary/aromatic N) is 1. The van der Waals surface area contributed by atoms with Crippen molar-refractivity contribution in [3.05, 3.63) is 95.3 Å². The first-order valence-corrected chi connectivity index (χ1v) is 10.2. The molecule has 0 saturated carbocycles. The highest BCUT2D eigenvalue weighted by Crippen LogP contribution is 2.44. The summed E-state index contributed by atoms with van der Waals surface area (Å²) in [6, 6.07) is 21.0. The number of hydrogen-bond donors (Lipinski definition) is 1. The van der Waals surface area contributed by atoms with Gasteiger partial charge in [0.05, 0.1) is 11.3 Å². The lowest BCUT2D eigenvalue weighted by atomic mass is 10.1. The van der Waals surface area contributed by atoms with Gasteiger partial charge in [0.15, 0.2) is 0 Å². The molecule has 146 valence electrons. The zero-order valence-electron chi connectivity index (χ0n) is 15.8. The van der Waals surface area contributed by atoms with Crippen LogP contribution < -0.4 is 10.2 Å². The van der Waals surface area contributed by atoms with E-state index >= 15 is 0 Å². The van der Waals surface area contributed by atoms with Crippen molar-refractivity contribution >= 4 is 35.0 Å². The minimum absolute atomic E-state index is 0.0130. The number of carbonyl (C=O) groups excluding carboxylic acids is 2. The molecule has 2 amide bonds. The normalized spacial score (nSPS) is 16.1. The topological polar surface area (TPSA) is 49.4 Å². The molecule has 1 fully saturated rings. The van der Waals surface area contributed by atoms with Crippen LogP contribution in [0.1, 0.15) is 26.9 Å². The number of aryl methyl sites for hydroxylation is 1. The summed E-state index contributed by atoms with van der Waals surface area (Å²) in [6.45, 7) is 2.00. The Morgan fingerprint density at radius 1 is 1.03 bits per heavy atom. The number of nitrogens with one attached hydrogen (secondary N) is 1. The molecule has 4 rings (SSSR count). The standard InChI is InChI=1S/C23H19FN2O2S/c1-15-10-12-16(13-11-15)26-21(27)14-29-23(26)18-7-3-5-9-20(18)25-22(28)17-6-2-4-8-19(17)24/h2-13,23H,14H2,1H3,(H,25,28). The van der Waals surface area contributed by atoms with E-state index in [2.05, 4.69) is 5.32 Å². The second-order valence-electron chi connectivity index (χ2n) is 6.78. The minimum atomic E-state index is -0.575. The van der Waals surface area contributed by atoms with E-state index in [1.54, 1.807) is 29.2 Å². The lowest BCUT2D eigenvalue weighted by molar-refractivity contribution is -0.115. The number of para-hydroxylation sites is 1. The average Bonchev–Trinajstić information content (AvgIpc) is 3.10. The Hall–Kier alpha value is -3.12. The average molecular weight is 406 g/mol. The first kappa shape index (κ1) is 19.2. The van der Waals surface area contributed by atoms with E-state index in [1.165, 1.54) is 23.9 Å². The van der Waals surface area contributed by atoms with E-state index in [4.69, 9.17) is 0 Å². The Kier molecular flexibility index (Phi) is 5.36. The predicted molar refractivity (Wildman–Crippen MR) is 115 cm³/mol. The summed E-state index contributed by atoms with van der Waals surface area (Å²) in [7, 11) is 0. The highest BCUT2D eigenvalue weighted by Gasteiger charge is 2.35. The first-order chi connectivity index (χ1) is 14.0. The second-order valence-corrected chi connectivity index (χ2v) is 7.85. The van der Waals surface area contributed by atoms with E-state index in [0.717, 1.165) is 16.8 Å². The summed E-state index contributed by atoms with van der Waals surface area (Å²) in [5.41, 5.74) is 3.26. The summed E-state index contributed by atoms with van der Waals surface area (Å²) in [5.74, 6) is -0.728. The van der Waals surface area contributed by atoms with Gasteiger partial charge in [0, 0.05) is 16.9 Å². The number of rotatable bonds is 4. The highest BCUT2D eigenvalue weighted by atomic mass is 32.2. The van der Waals surface area contributed by atoms with Gasteiger partial charge in [0.25, 0.3) is 5.91 Å². The summed E-state index contributed by atoms with van der Waals surface area (Å²) >= 11 is 1.50. The molecule has 1 saturated heterocycles. The monoisotopic (exact) mass is 406 g/mol. The number of halogens is 1. The minimum Gasteiger partial charge on any atom is -0.322 e. The van der Waals surface area contributed by atoms with Crippen LogP contribution in [0.4, 0.5) is 15.8 Å². The van der Waals surface area contributed by atoms with Gasteiger partial charge in [-0.1, -0.05) is 48.0 Å². The lowest BCUT2D eigenvalue weighted by Crippen LogP contribution is -2.28. The molecule has 0 radical (unpaired) electrons. The van der Waals surface area contributed by atoms with E-state index in [1.807, 2.05) is 43.3 Å². The van der Waals surface area contributed by atoms with Gasteiger partial charge in [-0.3, -0.25) is 14.5 Å². The van der Waals surface area contributed by atoms with Crippen molar-refractivity contribution < 1.29 is 14.0 Å². The van der Waals surface area contributed by atoms with Crippen LogP contribution in [0.5, 0.6) is 0 Å². The van der Waals surface area contributed by atoms with Crippen molar-refractivity contribution in [2.75, 3.05) is 16.0 Å². The highest BCUT2D eigenvalue weighted by molar-refractivity contribution is 8.00. The molecule has 0 spiro atoms. The maximum atomic E-state index is 14.0. The molecule has 1 aliphatic heterocycles. The van der Waals surface area contributed by atoms with Gasteiger partial charge >= 0.3 is 0 Å². The first-order valence-electron chi connectivity index (χ1n) is 9.20. The van der Waals surface area contributed by atoms with Crippen molar-refractivity contribution in [3.8, 4) is 0 Å². The largest absolute Gasteiger partial charge is 0.322 e. The van der Waals surface area contributed by atoms with Crippen molar-refractivity contribution in [1.82, 2.24) is 0 Å². The Labute approximate surface area is 172 Å².